The molecule has 4 rings (SSSR count). The van der Waals surface area contributed by atoms with E-state index < -0.39 is 0 Å². The molecule has 0 spiro atoms. The maximum absolute atomic E-state index is 12.7. The van der Waals surface area contributed by atoms with Crippen LogP contribution in [0.3, 0.4) is 0 Å². The van der Waals surface area contributed by atoms with Crippen molar-refractivity contribution >= 4 is 34.1 Å². The van der Waals surface area contributed by atoms with Crippen LogP contribution in [0.5, 0.6) is 5.75 Å². The highest BCUT2D eigenvalue weighted by Gasteiger charge is 2.18. The molecule has 150 valence electrons. The summed E-state index contributed by atoms with van der Waals surface area (Å²) in [4.78, 5) is 14.6. The number of ether oxygens (including phenoxy) is 1. The standard InChI is InChI=1S/C24H24ClNO3/c1-16(12-24(27)26-10-4-3-5-11-26)19-13-20-21(17-6-8-18(25)9-7-17)15-29-23(20)14-22(19)28-2/h6-9,12-15H,3-5,10-11H2,1-2H3/b16-12+. The summed E-state index contributed by atoms with van der Waals surface area (Å²) >= 11 is 6.03. The zero-order valence-corrected chi connectivity index (χ0v) is 17.5. The summed E-state index contributed by atoms with van der Waals surface area (Å²) in [6, 6.07) is 11.6. The van der Waals surface area contributed by atoms with E-state index in [4.69, 9.17) is 20.8 Å². The summed E-state index contributed by atoms with van der Waals surface area (Å²) in [5.41, 5.74) is 4.52. The van der Waals surface area contributed by atoms with E-state index in [0.29, 0.717) is 10.8 Å². The van der Waals surface area contributed by atoms with E-state index >= 15 is 0 Å². The van der Waals surface area contributed by atoms with Crippen LogP contribution in [0.2, 0.25) is 5.02 Å². The summed E-state index contributed by atoms with van der Waals surface area (Å²) in [6.07, 6.45) is 6.82. The summed E-state index contributed by atoms with van der Waals surface area (Å²) in [5.74, 6) is 0.754. The van der Waals surface area contributed by atoms with Crippen LogP contribution < -0.4 is 4.74 Å². The monoisotopic (exact) mass is 409 g/mol. The van der Waals surface area contributed by atoms with Crippen LogP contribution in [-0.2, 0) is 4.79 Å². The number of benzene rings is 2. The van der Waals surface area contributed by atoms with Gasteiger partial charge in [-0.2, -0.15) is 0 Å². The average molecular weight is 410 g/mol. The minimum Gasteiger partial charge on any atom is -0.496 e. The Bertz CT molecular complexity index is 1060. The predicted octanol–water partition coefficient (Wildman–Crippen LogP) is 6.18. The molecule has 0 bridgehead atoms. The van der Waals surface area contributed by atoms with E-state index in [1.165, 1.54) is 6.42 Å². The van der Waals surface area contributed by atoms with Crippen LogP contribution >= 0.6 is 11.6 Å². The summed E-state index contributed by atoms with van der Waals surface area (Å²) < 4.78 is 11.4. The van der Waals surface area contributed by atoms with Gasteiger partial charge in [-0.15, -0.1) is 0 Å². The van der Waals surface area contributed by atoms with Crippen LogP contribution in [-0.4, -0.2) is 31.0 Å². The van der Waals surface area contributed by atoms with E-state index in [1.54, 1.807) is 19.4 Å². The minimum atomic E-state index is 0.0643. The van der Waals surface area contributed by atoms with E-state index in [9.17, 15) is 4.79 Å². The number of allylic oxidation sites excluding steroid dienone is 1. The number of likely N-dealkylation sites (tertiary alicyclic amines) is 1. The minimum absolute atomic E-state index is 0.0643. The lowest BCUT2D eigenvalue weighted by atomic mass is 9.99. The fourth-order valence-electron chi connectivity index (χ4n) is 3.85. The molecule has 1 aliphatic heterocycles. The van der Waals surface area contributed by atoms with Crippen LogP contribution in [0.1, 0.15) is 31.7 Å². The molecule has 1 amide bonds. The molecule has 0 atom stereocenters. The molecule has 0 radical (unpaired) electrons. The highest BCUT2D eigenvalue weighted by atomic mass is 35.5. The highest BCUT2D eigenvalue weighted by Crippen LogP contribution is 2.37. The van der Waals surface area contributed by atoms with Crippen LogP contribution in [0.4, 0.5) is 0 Å². The molecule has 1 fully saturated rings. The molecule has 29 heavy (non-hydrogen) atoms. The first-order valence-corrected chi connectivity index (χ1v) is 10.3. The second-order valence-electron chi connectivity index (χ2n) is 7.42. The van der Waals surface area contributed by atoms with Crippen molar-refractivity contribution in [3.05, 3.63) is 59.3 Å². The van der Waals surface area contributed by atoms with Gasteiger partial charge in [0, 0.05) is 46.8 Å². The normalized spacial score (nSPS) is 15.0. The molecule has 4 nitrogen and oxygen atoms in total. The van der Waals surface area contributed by atoms with E-state index in [0.717, 1.165) is 59.2 Å². The number of fused-ring (bicyclic) bond motifs is 1. The Labute approximate surface area is 175 Å². The first-order valence-electron chi connectivity index (χ1n) is 9.89. The van der Waals surface area contributed by atoms with Gasteiger partial charge in [0.05, 0.1) is 13.4 Å². The summed E-state index contributed by atoms with van der Waals surface area (Å²) in [6.45, 7) is 3.62. The summed E-state index contributed by atoms with van der Waals surface area (Å²) in [5, 5.41) is 1.67. The molecule has 1 saturated heterocycles. The first kappa shape index (κ1) is 19.6. The molecule has 2 aromatic carbocycles. The van der Waals surface area contributed by atoms with E-state index in [2.05, 4.69) is 0 Å². The third-order valence-electron chi connectivity index (χ3n) is 5.48. The van der Waals surface area contributed by atoms with Crippen LogP contribution in [0, 0.1) is 0 Å². The molecule has 1 aromatic heterocycles. The number of halogens is 1. The smallest absolute Gasteiger partial charge is 0.246 e. The van der Waals surface area contributed by atoms with Crippen LogP contribution in [0.15, 0.2) is 53.2 Å². The number of methoxy groups -OCH3 is 1. The largest absolute Gasteiger partial charge is 0.496 e. The van der Waals surface area contributed by atoms with Gasteiger partial charge in [0.15, 0.2) is 0 Å². The van der Waals surface area contributed by atoms with Gasteiger partial charge in [-0.3, -0.25) is 4.79 Å². The Morgan fingerprint density at radius 3 is 2.55 bits per heavy atom. The fourth-order valence-corrected chi connectivity index (χ4v) is 3.98. The van der Waals surface area contributed by atoms with Gasteiger partial charge in [-0.1, -0.05) is 23.7 Å². The maximum Gasteiger partial charge on any atom is 0.246 e. The van der Waals surface area contributed by atoms with Crippen molar-refractivity contribution in [3.63, 3.8) is 0 Å². The number of rotatable bonds is 4. The molecular formula is C24H24ClNO3. The Hall–Kier alpha value is -2.72. The number of amides is 1. The molecule has 5 heteroatoms. The van der Waals surface area contributed by atoms with Crippen molar-refractivity contribution in [2.24, 2.45) is 0 Å². The second kappa shape index (κ2) is 8.34. The predicted molar refractivity (Wildman–Crippen MR) is 117 cm³/mol. The molecule has 1 aliphatic rings. The lowest BCUT2D eigenvalue weighted by molar-refractivity contribution is -0.126. The van der Waals surface area contributed by atoms with Crippen molar-refractivity contribution < 1.29 is 13.9 Å². The summed E-state index contributed by atoms with van der Waals surface area (Å²) in [7, 11) is 1.63. The highest BCUT2D eigenvalue weighted by molar-refractivity contribution is 6.30. The lowest BCUT2D eigenvalue weighted by Crippen LogP contribution is -2.34. The quantitative estimate of drug-likeness (QED) is 0.483. The molecule has 0 N–H and O–H groups in total. The number of hydrogen-bond donors (Lipinski definition) is 0. The Balaban J connectivity index is 1.74. The molecule has 3 aromatic rings. The van der Waals surface area contributed by atoms with Crippen molar-refractivity contribution in [2.75, 3.05) is 20.2 Å². The van der Waals surface area contributed by atoms with Gasteiger partial charge in [0.1, 0.15) is 11.3 Å². The van der Waals surface area contributed by atoms with Crippen molar-refractivity contribution in [2.45, 2.75) is 26.2 Å². The topological polar surface area (TPSA) is 42.7 Å². The molecule has 0 aliphatic carbocycles. The van der Waals surface area contributed by atoms with Crippen molar-refractivity contribution in [3.8, 4) is 16.9 Å². The second-order valence-corrected chi connectivity index (χ2v) is 7.85. The lowest BCUT2D eigenvalue weighted by Gasteiger charge is -2.25. The molecule has 2 heterocycles. The number of nitrogens with zero attached hydrogens (tertiary/aromatic N) is 1. The van der Waals surface area contributed by atoms with Gasteiger partial charge in [0.2, 0.25) is 5.91 Å². The Morgan fingerprint density at radius 1 is 1.14 bits per heavy atom. The molecule has 0 unspecified atom stereocenters. The van der Waals surface area contributed by atoms with Crippen LogP contribution in [0.25, 0.3) is 27.7 Å². The van der Waals surface area contributed by atoms with E-state index in [-0.39, 0.29) is 5.91 Å². The number of hydrogen-bond acceptors (Lipinski definition) is 3. The maximum atomic E-state index is 12.7. The molecule has 0 saturated carbocycles. The SMILES string of the molecule is COc1cc2occ(-c3ccc(Cl)cc3)c2cc1/C(C)=C/C(=O)N1CCCCC1. The average Bonchev–Trinajstić information content (AvgIpc) is 3.16. The first-order chi connectivity index (χ1) is 14.1. The van der Waals surface area contributed by atoms with Crippen molar-refractivity contribution in [1.29, 1.82) is 0 Å². The number of furan rings is 1. The number of carbonyl (C=O) groups is 1. The third-order valence-corrected chi connectivity index (χ3v) is 5.74. The van der Waals surface area contributed by atoms with E-state index in [1.807, 2.05) is 48.2 Å². The van der Waals surface area contributed by atoms with Gasteiger partial charge in [-0.05, 0) is 55.5 Å². The van der Waals surface area contributed by atoms with Gasteiger partial charge in [0.25, 0.3) is 0 Å². The zero-order valence-electron chi connectivity index (χ0n) is 16.7. The van der Waals surface area contributed by atoms with Gasteiger partial charge >= 0.3 is 0 Å². The zero-order chi connectivity index (χ0) is 20.4. The van der Waals surface area contributed by atoms with Crippen molar-refractivity contribution in [1.82, 2.24) is 4.90 Å². The fraction of sp³-hybridized carbons (Fsp3) is 0.292. The third kappa shape index (κ3) is 4.03. The molecular weight excluding hydrogens is 386 g/mol. The Morgan fingerprint density at radius 2 is 1.86 bits per heavy atom. The number of carbonyl (C=O) groups excluding carboxylic acids is 1. The van der Waals surface area contributed by atoms with Gasteiger partial charge < -0.3 is 14.1 Å². The van der Waals surface area contributed by atoms with Gasteiger partial charge in [-0.25, -0.2) is 0 Å². The number of piperidine rings is 1. The Kier molecular flexibility index (Phi) is 5.63.